The maximum Gasteiger partial charge on any atom is 0.260 e. The average molecular weight is 392 g/mol. The van der Waals surface area contributed by atoms with E-state index in [9.17, 15) is 13.2 Å². The fourth-order valence-electron chi connectivity index (χ4n) is 3.06. The minimum atomic E-state index is -3.60. The molecular weight excluding hydrogens is 368 g/mol. The summed E-state index contributed by atoms with van der Waals surface area (Å²) < 4.78 is 32.0. The quantitative estimate of drug-likeness (QED) is 0.799. The summed E-state index contributed by atoms with van der Waals surface area (Å²) >= 11 is 0. The van der Waals surface area contributed by atoms with Gasteiger partial charge in [0, 0.05) is 26.2 Å². The molecule has 146 valence electrons. The van der Waals surface area contributed by atoms with Gasteiger partial charge in [-0.3, -0.25) is 4.79 Å². The number of aromatic amines is 1. The topological polar surface area (TPSA) is 95.6 Å². The van der Waals surface area contributed by atoms with Crippen molar-refractivity contribution >= 4 is 15.9 Å². The zero-order chi connectivity index (χ0) is 19.3. The van der Waals surface area contributed by atoms with Crippen LogP contribution in [0.25, 0.3) is 0 Å². The summed E-state index contributed by atoms with van der Waals surface area (Å²) in [5.41, 5.74) is 0.912. The largest absolute Gasteiger partial charge is 0.494 e. The summed E-state index contributed by atoms with van der Waals surface area (Å²) in [5, 5.41) is 0.0802. The van der Waals surface area contributed by atoms with E-state index >= 15 is 0 Å². The minimum Gasteiger partial charge on any atom is -0.494 e. The summed E-state index contributed by atoms with van der Waals surface area (Å²) in [6.07, 6.45) is 3.54. The highest BCUT2D eigenvalue weighted by Gasteiger charge is 2.29. The number of nitrogens with zero attached hydrogens (tertiary/aromatic N) is 3. The number of rotatable bonds is 6. The molecule has 0 radical (unpaired) electrons. The molecule has 0 spiro atoms. The normalized spacial score (nSPS) is 16.1. The highest BCUT2D eigenvalue weighted by molar-refractivity contribution is 7.89. The first kappa shape index (κ1) is 19.4. The van der Waals surface area contributed by atoms with E-state index in [0.717, 1.165) is 11.3 Å². The molecule has 2 heterocycles. The molecule has 1 saturated heterocycles. The molecule has 1 N–H and O–H groups in total. The van der Waals surface area contributed by atoms with Crippen LogP contribution < -0.4 is 4.74 Å². The number of amides is 1. The van der Waals surface area contributed by atoms with Gasteiger partial charge in [-0.25, -0.2) is 13.4 Å². The second-order valence-corrected chi connectivity index (χ2v) is 8.21. The third-order valence-electron chi connectivity index (χ3n) is 4.49. The molecule has 1 fully saturated rings. The Bertz CT molecular complexity index is 850. The molecule has 0 atom stereocenters. The van der Waals surface area contributed by atoms with Crippen molar-refractivity contribution in [1.82, 2.24) is 19.2 Å². The Morgan fingerprint density at radius 3 is 2.63 bits per heavy atom. The van der Waals surface area contributed by atoms with Crippen LogP contribution in [0.5, 0.6) is 5.75 Å². The van der Waals surface area contributed by atoms with Crippen molar-refractivity contribution in [2.75, 3.05) is 32.8 Å². The van der Waals surface area contributed by atoms with Crippen LogP contribution in [0.1, 0.15) is 18.9 Å². The lowest BCUT2D eigenvalue weighted by Gasteiger charge is -2.21. The number of hydrogen-bond donors (Lipinski definition) is 1. The van der Waals surface area contributed by atoms with Gasteiger partial charge in [0.15, 0.2) is 5.03 Å². The van der Waals surface area contributed by atoms with E-state index in [1.165, 1.54) is 16.8 Å². The highest BCUT2D eigenvalue weighted by atomic mass is 32.2. The van der Waals surface area contributed by atoms with Crippen molar-refractivity contribution in [1.29, 1.82) is 0 Å². The van der Waals surface area contributed by atoms with Gasteiger partial charge in [-0.1, -0.05) is 12.1 Å². The van der Waals surface area contributed by atoms with Crippen LogP contribution in [-0.4, -0.2) is 66.3 Å². The zero-order valence-corrected chi connectivity index (χ0v) is 16.1. The predicted octanol–water partition coefficient (Wildman–Crippen LogP) is 1.27. The van der Waals surface area contributed by atoms with Crippen molar-refractivity contribution in [2.24, 2.45) is 0 Å². The fourth-order valence-corrected chi connectivity index (χ4v) is 4.43. The Labute approximate surface area is 159 Å². The standard InChI is InChI=1S/C18H24N4O4S/c1-2-26-16-6-4-15(5-7-16)12-18(23)21-8-3-9-22(11-10-21)27(24,25)17-13-19-14-20-17/h4-7,13-14H,2-3,8-12H2,1H3,(H,19,20). The molecule has 1 amide bonds. The first-order valence-electron chi connectivity index (χ1n) is 8.98. The first-order chi connectivity index (χ1) is 13.0. The van der Waals surface area contributed by atoms with Gasteiger partial charge in [-0.05, 0) is 31.0 Å². The Balaban J connectivity index is 1.59. The smallest absolute Gasteiger partial charge is 0.260 e. The van der Waals surface area contributed by atoms with Crippen LogP contribution in [0.3, 0.4) is 0 Å². The predicted molar refractivity (Wildman–Crippen MR) is 99.9 cm³/mol. The minimum absolute atomic E-state index is 0.0000480. The Kier molecular flexibility index (Phi) is 6.12. The van der Waals surface area contributed by atoms with E-state index in [4.69, 9.17) is 4.74 Å². The van der Waals surface area contributed by atoms with E-state index in [1.807, 2.05) is 31.2 Å². The monoisotopic (exact) mass is 392 g/mol. The van der Waals surface area contributed by atoms with Crippen molar-refractivity contribution in [3.05, 3.63) is 42.4 Å². The highest BCUT2D eigenvalue weighted by Crippen LogP contribution is 2.17. The van der Waals surface area contributed by atoms with E-state index in [-0.39, 0.29) is 17.5 Å². The van der Waals surface area contributed by atoms with E-state index in [1.54, 1.807) is 4.90 Å². The van der Waals surface area contributed by atoms with Crippen LogP contribution >= 0.6 is 0 Å². The molecule has 1 aliphatic rings. The lowest BCUT2D eigenvalue weighted by molar-refractivity contribution is -0.130. The molecular formula is C18H24N4O4S. The van der Waals surface area contributed by atoms with E-state index < -0.39 is 10.0 Å². The van der Waals surface area contributed by atoms with Crippen molar-refractivity contribution in [2.45, 2.75) is 24.8 Å². The van der Waals surface area contributed by atoms with Gasteiger partial charge >= 0.3 is 0 Å². The molecule has 0 bridgehead atoms. The number of aromatic nitrogens is 2. The number of carbonyl (C=O) groups excluding carboxylic acids is 1. The van der Waals surface area contributed by atoms with Gasteiger partial charge in [0.05, 0.1) is 25.6 Å². The van der Waals surface area contributed by atoms with Crippen LogP contribution in [0, 0.1) is 0 Å². The number of sulfonamides is 1. The number of H-pyrrole nitrogens is 1. The molecule has 27 heavy (non-hydrogen) atoms. The van der Waals surface area contributed by atoms with Gasteiger partial charge in [0.2, 0.25) is 5.91 Å². The molecule has 9 heteroatoms. The summed E-state index contributed by atoms with van der Waals surface area (Å²) in [6.45, 7) is 4.11. The number of ether oxygens (including phenoxy) is 1. The number of imidazole rings is 1. The van der Waals surface area contributed by atoms with Gasteiger partial charge in [0.25, 0.3) is 10.0 Å². The lowest BCUT2D eigenvalue weighted by Crippen LogP contribution is -2.38. The SMILES string of the molecule is CCOc1ccc(CC(=O)N2CCCN(S(=O)(=O)c3cnc[nH]3)CC2)cc1. The summed E-state index contributed by atoms with van der Waals surface area (Å²) in [5.74, 6) is 0.781. The summed E-state index contributed by atoms with van der Waals surface area (Å²) in [7, 11) is -3.60. The third kappa shape index (κ3) is 4.67. The third-order valence-corrected chi connectivity index (χ3v) is 6.31. The van der Waals surface area contributed by atoms with Crippen molar-refractivity contribution < 1.29 is 17.9 Å². The number of hydrogen-bond acceptors (Lipinski definition) is 5. The molecule has 0 aliphatic carbocycles. The molecule has 3 rings (SSSR count). The molecule has 1 aliphatic heterocycles. The van der Waals surface area contributed by atoms with Crippen LogP contribution in [-0.2, 0) is 21.2 Å². The second kappa shape index (κ2) is 8.53. The molecule has 0 unspecified atom stereocenters. The second-order valence-electron chi connectivity index (χ2n) is 6.31. The molecule has 8 nitrogen and oxygen atoms in total. The van der Waals surface area contributed by atoms with Crippen LogP contribution in [0.4, 0.5) is 0 Å². The maximum absolute atomic E-state index is 12.6. The summed E-state index contributed by atoms with van der Waals surface area (Å²) in [6, 6.07) is 7.48. The summed E-state index contributed by atoms with van der Waals surface area (Å²) in [4.78, 5) is 20.8. The number of carbonyl (C=O) groups is 1. The van der Waals surface area contributed by atoms with Crippen LogP contribution in [0.2, 0.25) is 0 Å². The molecule has 0 saturated carbocycles. The van der Waals surface area contributed by atoms with Crippen LogP contribution in [0.15, 0.2) is 41.8 Å². The Hall–Kier alpha value is -2.39. The van der Waals surface area contributed by atoms with Gasteiger partial charge in [-0.2, -0.15) is 4.31 Å². The maximum atomic E-state index is 12.6. The molecule has 2 aromatic rings. The van der Waals surface area contributed by atoms with E-state index in [0.29, 0.717) is 39.1 Å². The van der Waals surface area contributed by atoms with Gasteiger partial charge in [0.1, 0.15) is 5.75 Å². The van der Waals surface area contributed by atoms with Crippen molar-refractivity contribution in [3.63, 3.8) is 0 Å². The Morgan fingerprint density at radius 2 is 1.96 bits per heavy atom. The van der Waals surface area contributed by atoms with Crippen molar-refractivity contribution in [3.8, 4) is 5.75 Å². The number of benzene rings is 1. The lowest BCUT2D eigenvalue weighted by atomic mass is 10.1. The molecule has 1 aromatic carbocycles. The van der Waals surface area contributed by atoms with E-state index in [2.05, 4.69) is 9.97 Å². The fraction of sp³-hybridized carbons (Fsp3) is 0.444. The number of nitrogens with one attached hydrogen (secondary N) is 1. The van der Waals surface area contributed by atoms with Gasteiger partial charge in [-0.15, -0.1) is 0 Å². The molecule has 1 aromatic heterocycles. The Morgan fingerprint density at radius 1 is 1.19 bits per heavy atom. The first-order valence-corrected chi connectivity index (χ1v) is 10.4. The average Bonchev–Trinajstić information content (AvgIpc) is 3.08. The zero-order valence-electron chi connectivity index (χ0n) is 15.3. The van der Waals surface area contributed by atoms with Gasteiger partial charge < -0.3 is 14.6 Å².